The molecule has 0 fully saturated rings. The van der Waals surface area contributed by atoms with Crippen molar-refractivity contribution in [3.05, 3.63) is 59.4 Å². The van der Waals surface area contributed by atoms with Crippen LogP contribution < -0.4 is 9.47 Å². The van der Waals surface area contributed by atoms with Gasteiger partial charge in [0, 0.05) is 0 Å². The normalized spacial score (nSPS) is 12.0. The minimum Gasteiger partial charge on any atom is -0.494 e. The lowest BCUT2D eigenvalue weighted by molar-refractivity contribution is 0.317. The average molecular weight is 309 g/mol. The molecule has 0 spiro atoms. The molecular formula is C17H18ClFO2. The molecule has 0 radical (unpaired) electrons. The lowest BCUT2D eigenvalue weighted by Gasteiger charge is -2.13. The highest BCUT2D eigenvalue weighted by atomic mass is 35.5. The van der Waals surface area contributed by atoms with E-state index in [4.69, 9.17) is 21.1 Å². The summed E-state index contributed by atoms with van der Waals surface area (Å²) in [5.41, 5.74) is 1.55. The third-order valence-corrected chi connectivity index (χ3v) is 3.60. The van der Waals surface area contributed by atoms with Gasteiger partial charge in [-0.15, -0.1) is 11.6 Å². The van der Waals surface area contributed by atoms with Crippen molar-refractivity contribution in [1.29, 1.82) is 0 Å². The molecule has 4 heteroatoms. The van der Waals surface area contributed by atoms with Crippen LogP contribution in [0.25, 0.3) is 0 Å². The van der Waals surface area contributed by atoms with Gasteiger partial charge in [0.1, 0.15) is 5.75 Å². The predicted molar refractivity (Wildman–Crippen MR) is 82.9 cm³/mol. The van der Waals surface area contributed by atoms with E-state index in [0.29, 0.717) is 12.2 Å². The molecule has 0 heterocycles. The van der Waals surface area contributed by atoms with Crippen molar-refractivity contribution in [1.82, 2.24) is 0 Å². The summed E-state index contributed by atoms with van der Waals surface area (Å²) in [6.07, 6.45) is 0.943. The average Bonchev–Trinajstić information content (AvgIpc) is 2.52. The van der Waals surface area contributed by atoms with Crippen molar-refractivity contribution < 1.29 is 13.9 Å². The van der Waals surface area contributed by atoms with E-state index in [2.05, 4.69) is 0 Å². The number of methoxy groups -OCH3 is 1. The first kappa shape index (κ1) is 15.6. The molecule has 1 atom stereocenters. The van der Waals surface area contributed by atoms with Crippen LogP contribution >= 0.6 is 11.6 Å². The van der Waals surface area contributed by atoms with E-state index >= 15 is 0 Å². The van der Waals surface area contributed by atoms with Gasteiger partial charge < -0.3 is 9.47 Å². The van der Waals surface area contributed by atoms with Gasteiger partial charge in [0.05, 0.1) is 19.1 Å². The van der Waals surface area contributed by atoms with E-state index in [0.717, 1.165) is 17.7 Å². The van der Waals surface area contributed by atoms with Crippen LogP contribution in [0.4, 0.5) is 4.39 Å². The molecule has 0 saturated heterocycles. The quantitative estimate of drug-likeness (QED) is 0.703. The molecule has 0 aliphatic carbocycles. The van der Waals surface area contributed by atoms with E-state index in [1.165, 1.54) is 13.2 Å². The van der Waals surface area contributed by atoms with Crippen molar-refractivity contribution in [2.24, 2.45) is 0 Å². The number of hydrogen-bond acceptors (Lipinski definition) is 2. The number of rotatable bonds is 6. The van der Waals surface area contributed by atoms with Crippen molar-refractivity contribution in [2.45, 2.75) is 18.7 Å². The van der Waals surface area contributed by atoms with Crippen LogP contribution in [-0.4, -0.2) is 13.7 Å². The maximum absolute atomic E-state index is 13.8. The minimum atomic E-state index is -0.435. The summed E-state index contributed by atoms with van der Waals surface area (Å²) in [5.74, 6) is 0.565. The fourth-order valence-corrected chi connectivity index (χ4v) is 2.29. The summed E-state index contributed by atoms with van der Waals surface area (Å²) in [7, 11) is 1.44. The highest BCUT2D eigenvalue weighted by Gasteiger charge is 2.14. The van der Waals surface area contributed by atoms with Gasteiger partial charge in [-0.05, 0) is 41.8 Å². The van der Waals surface area contributed by atoms with Gasteiger partial charge in [0.15, 0.2) is 11.6 Å². The first-order valence-electron chi connectivity index (χ1n) is 6.86. The zero-order valence-electron chi connectivity index (χ0n) is 12.1. The highest BCUT2D eigenvalue weighted by molar-refractivity contribution is 6.22. The Bertz CT molecular complexity index is 601. The Morgan fingerprint density at radius 2 is 1.90 bits per heavy atom. The molecule has 0 aliphatic rings. The third-order valence-electron chi connectivity index (χ3n) is 3.09. The smallest absolute Gasteiger partial charge is 0.165 e. The lowest BCUT2D eigenvalue weighted by atomic mass is 10.0. The molecule has 1 unspecified atom stereocenters. The molecule has 0 amide bonds. The van der Waals surface area contributed by atoms with E-state index in [9.17, 15) is 4.39 Å². The molecule has 0 aliphatic heterocycles. The Hall–Kier alpha value is -1.74. The number of ether oxygens (including phenoxy) is 2. The molecule has 2 rings (SSSR count). The molecule has 21 heavy (non-hydrogen) atoms. The Morgan fingerprint density at radius 3 is 2.57 bits per heavy atom. The maximum atomic E-state index is 13.8. The summed E-state index contributed by atoms with van der Waals surface area (Å²) in [6.45, 7) is 2.71. The minimum absolute atomic E-state index is 0.211. The molecule has 2 aromatic carbocycles. The molecule has 0 bridgehead atoms. The molecule has 0 saturated carbocycles. The summed E-state index contributed by atoms with van der Waals surface area (Å²) in [6, 6.07) is 12.3. The predicted octanol–water partition coefficient (Wildman–Crippen LogP) is 4.95. The second-order valence-electron chi connectivity index (χ2n) is 4.68. The molecule has 2 nitrogen and oxygen atoms in total. The van der Waals surface area contributed by atoms with Crippen LogP contribution in [0.1, 0.15) is 29.8 Å². The highest BCUT2D eigenvalue weighted by Crippen LogP contribution is 2.32. The van der Waals surface area contributed by atoms with Gasteiger partial charge in [-0.2, -0.15) is 0 Å². The lowest BCUT2D eigenvalue weighted by Crippen LogP contribution is -1.98. The second kappa shape index (κ2) is 7.32. The summed E-state index contributed by atoms with van der Waals surface area (Å²) in [4.78, 5) is 0. The van der Waals surface area contributed by atoms with Crippen LogP contribution in [0.5, 0.6) is 11.5 Å². The summed E-state index contributed by atoms with van der Waals surface area (Å²) in [5, 5.41) is -0.435. The molecule has 0 N–H and O–H groups in total. The van der Waals surface area contributed by atoms with E-state index in [1.807, 2.05) is 31.2 Å². The number of hydrogen-bond donors (Lipinski definition) is 0. The largest absolute Gasteiger partial charge is 0.494 e. The van der Waals surface area contributed by atoms with Gasteiger partial charge in [-0.1, -0.05) is 25.1 Å². The van der Waals surface area contributed by atoms with E-state index in [1.54, 1.807) is 12.1 Å². The standard InChI is InChI=1S/C17H18ClFO2/c1-3-9-21-14-6-4-5-12(10-14)17(18)13-7-8-16(20-2)15(19)11-13/h4-8,10-11,17H,3,9H2,1-2H3. The maximum Gasteiger partial charge on any atom is 0.165 e. The fraction of sp³-hybridized carbons (Fsp3) is 0.294. The van der Waals surface area contributed by atoms with Gasteiger partial charge in [0.2, 0.25) is 0 Å². The Balaban J connectivity index is 2.22. The first-order chi connectivity index (χ1) is 10.2. The number of halogens is 2. The van der Waals surface area contributed by atoms with E-state index in [-0.39, 0.29) is 5.75 Å². The summed E-state index contributed by atoms with van der Waals surface area (Å²) < 4.78 is 24.3. The first-order valence-corrected chi connectivity index (χ1v) is 7.29. The monoisotopic (exact) mass is 308 g/mol. The molecule has 112 valence electrons. The van der Waals surface area contributed by atoms with Crippen LogP contribution in [0.2, 0.25) is 0 Å². The second-order valence-corrected chi connectivity index (χ2v) is 5.11. The van der Waals surface area contributed by atoms with Crippen LogP contribution in [0.3, 0.4) is 0 Å². The zero-order chi connectivity index (χ0) is 15.2. The Labute approximate surface area is 129 Å². The molecular weight excluding hydrogens is 291 g/mol. The van der Waals surface area contributed by atoms with Crippen molar-refractivity contribution >= 4 is 11.6 Å². The van der Waals surface area contributed by atoms with Gasteiger partial charge in [0.25, 0.3) is 0 Å². The molecule has 0 aromatic heterocycles. The Morgan fingerprint density at radius 1 is 1.14 bits per heavy atom. The zero-order valence-corrected chi connectivity index (χ0v) is 12.9. The molecule has 2 aromatic rings. The number of benzene rings is 2. The SMILES string of the molecule is CCCOc1cccc(C(Cl)c2ccc(OC)c(F)c2)c1. The van der Waals surface area contributed by atoms with Crippen molar-refractivity contribution in [3.63, 3.8) is 0 Å². The van der Waals surface area contributed by atoms with Crippen molar-refractivity contribution in [3.8, 4) is 11.5 Å². The number of alkyl halides is 1. The van der Waals surface area contributed by atoms with Gasteiger partial charge in [-0.25, -0.2) is 4.39 Å². The topological polar surface area (TPSA) is 18.5 Å². The van der Waals surface area contributed by atoms with Gasteiger partial charge >= 0.3 is 0 Å². The van der Waals surface area contributed by atoms with E-state index < -0.39 is 11.2 Å². The third kappa shape index (κ3) is 3.88. The summed E-state index contributed by atoms with van der Waals surface area (Å²) >= 11 is 6.44. The van der Waals surface area contributed by atoms with Crippen LogP contribution in [0, 0.1) is 5.82 Å². The van der Waals surface area contributed by atoms with Crippen molar-refractivity contribution in [2.75, 3.05) is 13.7 Å². The van der Waals surface area contributed by atoms with Gasteiger partial charge in [-0.3, -0.25) is 0 Å². The van der Waals surface area contributed by atoms with Crippen LogP contribution in [0.15, 0.2) is 42.5 Å². The van der Waals surface area contributed by atoms with Crippen LogP contribution in [-0.2, 0) is 0 Å². The fourth-order valence-electron chi connectivity index (χ4n) is 2.01. The Kier molecular flexibility index (Phi) is 5.45.